The molecule has 0 N–H and O–H groups in total. The van der Waals surface area contributed by atoms with Crippen molar-refractivity contribution in [3.05, 3.63) is 33.1 Å². The summed E-state index contributed by atoms with van der Waals surface area (Å²) in [5, 5.41) is 16.1. The Morgan fingerprint density at radius 1 is 1.29 bits per heavy atom. The Balaban J connectivity index is 1.50. The van der Waals surface area contributed by atoms with Gasteiger partial charge in [0.1, 0.15) is 18.2 Å². The van der Waals surface area contributed by atoms with Gasteiger partial charge in [-0.2, -0.15) is 18.3 Å². The zero-order valence-corrected chi connectivity index (χ0v) is 25.4. The molecule has 1 saturated heterocycles. The van der Waals surface area contributed by atoms with E-state index in [9.17, 15) is 23.3 Å². The summed E-state index contributed by atoms with van der Waals surface area (Å²) >= 11 is 6.46. The third-order valence-electron chi connectivity index (χ3n) is 6.93. The summed E-state index contributed by atoms with van der Waals surface area (Å²) in [5.41, 5.74) is -1.82. The summed E-state index contributed by atoms with van der Waals surface area (Å²) in [6.45, 7) is 9.72. The van der Waals surface area contributed by atoms with E-state index < -0.39 is 30.4 Å². The van der Waals surface area contributed by atoms with E-state index in [1.165, 1.54) is 9.25 Å². The lowest BCUT2D eigenvalue weighted by Crippen LogP contribution is -2.37. The van der Waals surface area contributed by atoms with Gasteiger partial charge in [0.2, 0.25) is 0 Å². The largest absolute Gasteiger partial charge is 0.473 e. The maximum atomic E-state index is 13.9. The highest BCUT2D eigenvalue weighted by Crippen LogP contribution is 2.40. The van der Waals surface area contributed by atoms with E-state index in [-0.39, 0.29) is 54.6 Å². The Bertz CT molecular complexity index is 1260. The van der Waals surface area contributed by atoms with Crippen LogP contribution in [0.25, 0.3) is 0 Å². The van der Waals surface area contributed by atoms with Crippen molar-refractivity contribution >= 4 is 37.4 Å². The van der Waals surface area contributed by atoms with Gasteiger partial charge in [-0.05, 0) is 32.2 Å². The molecule has 2 aliphatic rings. The van der Waals surface area contributed by atoms with Gasteiger partial charge in [0.25, 0.3) is 5.88 Å². The Labute approximate surface area is 242 Å². The van der Waals surface area contributed by atoms with Crippen LogP contribution >= 0.6 is 11.6 Å². The Kier molecular flexibility index (Phi) is 9.71. The molecular formula is C25H36ClF3N6O5Si. The van der Waals surface area contributed by atoms with Crippen LogP contribution in [0.2, 0.25) is 25.7 Å². The summed E-state index contributed by atoms with van der Waals surface area (Å²) in [6, 6.07) is 0.681. The van der Waals surface area contributed by atoms with Crippen molar-refractivity contribution in [2.24, 2.45) is 4.99 Å². The summed E-state index contributed by atoms with van der Waals surface area (Å²) in [7, 11) is -1.38. The normalized spacial score (nSPS) is 19.5. The third-order valence-corrected chi connectivity index (χ3v) is 8.99. The first-order chi connectivity index (χ1) is 19.3. The minimum Gasteiger partial charge on any atom is -0.473 e. The van der Waals surface area contributed by atoms with Gasteiger partial charge in [-0.15, -0.1) is 0 Å². The lowest BCUT2D eigenvalue weighted by Gasteiger charge is -2.31. The number of rotatable bonds is 12. The number of alkyl halides is 4. The van der Waals surface area contributed by atoms with E-state index in [0.717, 1.165) is 31.3 Å². The van der Waals surface area contributed by atoms with Gasteiger partial charge in [-0.3, -0.25) is 15.1 Å². The second-order valence-corrected chi connectivity index (χ2v) is 17.4. The number of hydrogen-bond acceptors (Lipinski definition) is 8. The molecular weight excluding hydrogens is 585 g/mol. The molecule has 2 atom stereocenters. The summed E-state index contributed by atoms with van der Waals surface area (Å²) in [4.78, 5) is 16.9. The van der Waals surface area contributed by atoms with Crippen LogP contribution in [0.3, 0.4) is 0 Å². The highest BCUT2D eigenvalue weighted by molar-refractivity contribution is 6.76. The molecule has 0 amide bonds. The highest BCUT2D eigenvalue weighted by Gasteiger charge is 2.40. The van der Waals surface area contributed by atoms with Gasteiger partial charge in [0.15, 0.2) is 5.62 Å². The van der Waals surface area contributed by atoms with Crippen molar-refractivity contribution in [1.29, 1.82) is 0 Å². The van der Waals surface area contributed by atoms with E-state index in [0.29, 0.717) is 26.2 Å². The van der Waals surface area contributed by atoms with Crippen LogP contribution in [0.15, 0.2) is 11.2 Å². The molecule has 1 fully saturated rings. The van der Waals surface area contributed by atoms with Crippen molar-refractivity contribution in [2.75, 3.05) is 37.9 Å². The van der Waals surface area contributed by atoms with E-state index >= 15 is 0 Å². The average molecular weight is 621 g/mol. The first kappa shape index (κ1) is 31.3. The van der Waals surface area contributed by atoms with Crippen molar-refractivity contribution < 1.29 is 32.3 Å². The predicted octanol–water partition coefficient (Wildman–Crippen LogP) is 5.81. The van der Waals surface area contributed by atoms with E-state index in [4.69, 9.17) is 25.8 Å². The first-order valence-corrected chi connectivity index (χ1v) is 17.7. The summed E-state index contributed by atoms with van der Waals surface area (Å²) in [5.74, 6) is 0.299. The lowest BCUT2D eigenvalue weighted by molar-refractivity contribution is -0.386. The molecule has 228 valence electrons. The molecule has 2 unspecified atom stereocenters. The van der Waals surface area contributed by atoms with Crippen molar-refractivity contribution in [3.63, 3.8) is 0 Å². The summed E-state index contributed by atoms with van der Waals surface area (Å²) < 4.78 is 61.8. The van der Waals surface area contributed by atoms with Gasteiger partial charge in [0, 0.05) is 45.8 Å². The Morgan fingerprint density at radius 3 is 2.68 bits per heavy atom. The van der Waals surface area contributed by atoms with Gasteiger partial charge in [-0.25, -0.2) is 4.68 Å². The van der Waals surface area contributed by atoms with E-state index in [2.05, 4.69) is 29.7 Å². The van der Waals surface area contributed by atoms with Crippen LogP contribution in [-0.4, -0.2) is 72.2 Å². The first-order valence-electron chi connectivity index (χ1n) is 13.5. The lowest BCUT2D eigenvalue weighted by atomic mass is 10.1. The van der Waals surface area contributed by atoms with E-state index in [1.54, 1.807) is 11.8 Å². The average Bonchev–Trinajstić information content (AvgIpc) is 3.43. The minimum absolute atomic E-state index is 0.0399. The fourth-order valence-corrected chi connectivity index (χ4v) is 5.84. The number of hydrogen-bond donors (Lipinski definition) is 0. The molecule has 0 bridgehead atoms. The van der Waals surface area contributed by atoms with Crippen LogP contribution in [0.1, 0.15) is 42.1 Å². The standard InChI is InChI=1S/C25H36ClF3N6O5Si/c1-17-21(35(36)37)23(34(31-17)18-7-5-9-38-15-18)40-10-6-8-33-22-19(13-30-24(33)26)20(25(27,28)29)14-32(22)16-39-11-12-41(2,3)4/h13-14,18,24H,5-12,15-16H2,1-4H3. The molecule has 0 aliphatic carbocycles. The SMILES string of the molecule is Cc1nn(C2CCCOC2)c(OCCCN2c3c(c(C(F)(F)F)cn3COCC[Si](C)(C)C)C=NC2Cl)c1[N+](=O)[O-]. The Morgan fingerprint density at radius 2 is 2.05 bits per heavy atom. The number of nitro groups is 1. The van der Waals surface area contributed by atoms with Gasteiger partial charge < -0.3 is 23.7 Å². The minimum atomic E-state index is -4.59. The van der Waals surface area contributed by atoms with Crippen LogP contribution in [-0.2, 0) is 22.4 Å². The van der Waals surface area contributed by atoms with E-state index in [1.807, 2.05) is 0 Å². The van der Waals surface area contributed by atoms with Crippen molar-refractivity contribution in [1.82, 2.24) is 14.3 Å². The number of aryl methyl sites for hydroxylation is 1. The number of halogens is 4. The van der Waals surface area contributed by atoms with Gasteiger partial charge in [0.05, 0.1) is 29.7 Å². The number of ether oxygens (including phenoxy) is 3. The zero-order valence-electron chi connectivity index (χ0n) is 23.6. The van der Waals surface area contributed by atoms with Gasteiger partial charge >= 0.3 is 11.9 Å². The van der Waals surface area contributed by atoms with Crippen LogP contribution in [0, 0.1) is 17.0 Å². The second kappa shape index (κ2) is 12.7. The van der Waals surface area contributed by atoms with Crippen LogP contribution in [0.5, 0.6) is 5.88 Å². The Hall–Kier alpha value is -2.62. The quantitative estimate of drug-likeness (QED) is 0.0735. The molecule has 11 nitrogen and oxygen atoms in total. The number of aromatic nitrogens is 3. The molecule has 0 aromatic carbocycles. The number of anilines is 1. The molecule has 4 rings (SSSR count). The predicted molar refractivity (Wildman–Crippen MR) is 151 cm³/mol. The fourth-order valence-electron chi connectivity index (χ4n) is 4.83. The molecule has 2 aliphatic heterocycles. The van der Waals surface area contributed by atoms with Crippen molar-refractivity contribution in [3.8, 4) is 5.88 Å². The number of fused-ring (bicyclic) bond motifs is 1. The fraction of sp³-hybridized carbons (Fsp3) is 0.680. The second-order valence-electron chi connectivity index (χ2n) is 11.4. The maximum Gasteiger partial charge on any atom is 0.418 e. The zero-order chi connectivity index (χ0) is 29.9. The molecule has 4 heterocycles. The number of nitrogens with zero attached hydrogens (tertiary/aromatic N) is 6. The molecule has 0 saturated carbocycles. The van der Waals surface area contributed by atoms with Crippen LogP contribution in [0.4, 0.5) is 24.7 Å². The number of aliphatic imine (C=N–C) groups is 1. The monoisotopic (exact) mass is 620 g/mol. The molecule has 2 aromatic rings. The molecule has 0 spiro atoms. The topological polar surface area (TPSA) is 109 Å². The molecule has 16 heteroatoms. The smallest absolute Gasteiger partial charge is 0.418 e. The molecule has 2 aromatic heterocycles. The highest BCUT2D eigenvalue weighted by atomic mass is 35.5. The van der Waals surface area contributed by atoms with Gasteiger partial charge in [-0.1, -0.05) is 31.2 Å². The summed E-state index contributed by atoms with van der Waals surface area (Å²) in [6.07, 6.45) is -0.572. The molecule has 41 heavy (non-hydrogen) atoms. The third kappa shape index (κ3) is 7.42. The molecule has 0 radical (unpaired) electrons. The van der Waals surface area contributed by atoms with Crippen molar-refractivity contribution in [2.45, 2.75) is 76.4 Å². The van der Waals surface area contributed by atoms with Crippen LogP contribution < -0.4 is 9.64 Å². The maximum absolute atomic E-state index is 13.9.